The zero-order valence-electron chi connectivity index (χ0n) is 24.9. The molecule has 234 valence electrons. The number of Topliss-reactive ketones (excluding diaryl/α,β-unsaturated/α-hetero) is 1. The molecule has 1 amide bonds. The number of hydrogen-bond acceptors (Lipinski definition) is 11. The van der Waals surface area contributed by atoms with Gasteiger partial charge in [0.15, 0.2) is 0 Å². The highest BCUT2D eigenvalue weighted by Crippen LogP contribution is 2.34. The van der Waals surface area contributed by atoms with Gasteiger partial charge >= 0.3 is 5.97 Å². The van der Waals surface area contributed by atoms with Crippen LogP contribution in [0.4, 0.5) is 11.5 Å². The van der Waals surface area contributed by atoms with Crippen molar-refractivity contribution in [2.45, 2.75) is 20.5 Å². The zero-order chi connectivity index (χ0) is 32.3. The van der Waals surface area contributed by atoms with Gasteiger partial charge in [-0.2, -0.15) is 0 Å². The van der Waals surface area contributed by atoms with Gasteiger partial charge in [-0.05, 0) is 67.4 Å². The number of carbonyl (C=O) groups is 3. The topological polar surface area (TPSA) is 173 Å². The number of hydrogen-bond donors (Lipinski definition) is 4. The van der Waals surface area contributed by atoms with Gasteiger partial charge in [-0.25, -0.2) is 9.97 Å². The summed E-state index contributed by atoms with van der Waals surface area (Å²) >= 11 is 1.21. The van der Waals surface area contributed by atoms with Crippen LogP contribution in [-0.4, -0.2) is 68.8 Å². The molecule has 13 heteroatoms. The van der Waals surface area contributed by atoms with Crippen LogP contribution in [0, 0.1) is 12.8 Å². The number of rotatable bonds is 15. The van der Waals surface area contributed by atoms with Crippen molar-refractivity contribution in [3.8, 4) is 11.5 Å². The van der Waals surface area contributed by atoms with Gasteiger partial charge in [-0.3, -0.25) is 19.4 Å². The first kappa shape index (κ1) is 33.1. The quantitative estimate of drug-likeness (QED) is 0.136. The first-order valence-electron chi connectivity index (χ1n) is 13.9. The first-order chi connectivity index (χ1) is 21.7. The second kappa shape index (κ2) is 15.7. The molecule has 1 unspecified atom stereocenters. The summed E-state index contributed by atoms with van der Waals surface area (Å²) in [6.07, 6.45) is 4.78. The number of ketones is 1. The minimum atomic E-state index is -1.19. The molecule has 4 aromatic rings. The molecule has 0 fully saturated rings. The number of nitrogens with zero attached hydrogens (tertiary/aromatic N) is 3. The van der Waals surface area contributed by atoms with E-state index in [9.17, 15) is 24.6 Å². The molecule has 2 heterocycles. The lowest BCUT2D eigenvalue weighted by Crippen LogP contribution is -2.27. The molecule has 0 saturated heterocycles. The molecular formula is C32H33N5O7S. The van der Waals surface area contributed by atoms with E-state index in [2.05, 4.69) is 25.6 Å². The van der Waals surface area contributed by atoms with E-state index in [4.69, 9.17) is 9.47 Å². The molecular weight excluding hydrogens is 598 g/mol. The van der Waals surface area contributed by atoms with E-state index in [1.54, 1.807) is 24.4 Å². The van der Waals surface area contributed by atoms with Crippen LogP contribution in [-0.2, 0) is 25.7 Å². The lowest BCUT2D eigenvalue weighted by molar-refractivity contribution is -0.144. The van der Waals surface area contributed by atoms with Gasteiger partial charge in [0.25, 0.3) is 0 Å². The highest BCUT2D eigenvalue weighted by molar-refractivity contribution is 8.08. The number of carbonyl (C=O) groups excluding carboxylic acids is 2. The Kier molecular flexibility index (Phi) is 11.6. The molecule has 0 radical (unpaired) electrons. The predicted molar refractivity (Wildman–Crippen MR) is 171 cm³/mol. The number of pyridine rings is 1. The van der Waals surface area contributed by atoms with Gasteiger partial charge in [0, 0.05) is 35.4 Å². The number of methoxy groups -OCH3 is 1. The highest BCUT2D eigenvalue weighted by atomic mass is 32.2. The number of fused-ring (bicyclic) bond motifs is 1. The number of thioether (sulfide) groups is 1. The number of aliphatic hydroxyl groups is 1. The Morgan fingerprint density at radius 1 is 1.07 bits per heavy atom. The molecule has 4 rings (SSSR count). The molecule has 0 saturated carbocycles. The minimum absolute atomic E-state index is 0.0201. The maximum atomic E-state index is 11.9. The summed E-state index contributed by atoms with van der Waals surface area (Å²) in [4.78, 5) is 49.2. The van der Waals surface area contributed by atoms with E-state index in [1.807, 2.05) is 43.3 Å². The normalized spacial score (nSPS) is 12.0. The fourth-order valence-electron chi connectivity index (χ4n) is 4.22. The molecule has 0 spiro atoms. The van der Waals surface area contributed by atoms with Gasteiger partial charge in [-0.1, -0.05) is 12.1 Å². The predicted octanol–water partition coefficient (Wildman–Crippen LogP) is 4.49. The molecule has 12 nitrogen and oxygen atoms in total. The molecule has 0 bridgehead atoms. The molecule has 0 aliphatic rings. The third kappa shape index (κ3) is 9.08. The van der Waals surface area contributed by atoms with Gasteiger partial charge in [0.2, 0.25) is 5.91 Å². The van der Waals surface area contributed by atoms with Crippen LogP contribution in [0.2, 0.25) is 0 Å². The van der Waals surface area contributed by atoms with Crippen LogP contribution < -0.4 is 15.4 Å². The van der Waals surface area contributed by atoms with Crippen molar-refractivity contribution >= 4 is 56.7 Å². The lowest BCUT2D eigenvalue weighted by atomic mass is 10.1. The number of carboxylic acids is 1. The number of aliphatic hydroxyl groups excluding tert-OH is 1. The summed E-state index contributed by atoms with van der Waals surface area (Å²) in [5, 5.41) is 25.5. The number of aryl methyl sites for hydroxylation is 1. The molecule has 1 atom stereocenters. The standard InChI is InChI=1S/C32H33N5O7S/c1-19-12-22(6-9-28(19)44-24-7-5-23(15-38)34-14-24)37-31-25-13-21(4-8-27(25)35-18-36-31)29(10-11-33-30(40)16-43-3)45-17-26(20(2)39)32(41)42/h4-10,12-14,18,26,38H,11,15-17H2,1-3H3,(H,33,40)(H,41,42)(H,35,36,37). The van der Waals surface area contributed by atoms with Crippen molar-refractivity contribution in [1.82, 2.24) is 20.3 Å². The fourth-order valence-corrected chi connectivity index (χ4v) is 5.43. The Hall–Kier alpha value is -4.85. The Labute approximate surface area is 263 Å². The third-order valence-corrected chi connectivity index (χ3v) is 7.81. The zero-order valence-corrected chi connectivity index (χ0v) is 25.8. The van der Waals surface area contributed by atoms with Crippen LogP contribution in [0.15, 0.2) is 67.1 Å². The number of ether oxygens (including phenoxy) is 2. The summed E-state index contributed by atoms with van der Waals surface area (Å²) in [6.45, 7) is 3.11. The van der Waals surface area contributed by atoms with Crippen molar-refractivity contribution in [2.24, 2.45) is 5.92 Å². The molecule has 2 aromatic carbocycles. The van der Waals surface area contributed by atoms with Crippen LogP contribution >= 0.6 is 11.8 Å². The maximum Gasteiger partial charge on any atom is 0.314 e. The van der Waals surface area contributed by atoms with Crippen LogP contribution in [0.1, 0.15) is 23.7 Å². The second-order valence-corrected chi connectivity index (χ2v) is 11.0. The molecule has 4 N–H and O–H groups in total. The number of benzene rings is 2. The second-order valence-electron chi connectivity index (χ2n) is 9.92. The summed E-state index contributed by atoms with van der Waals surface area (Å²) < 4.78 is 10.8. The Morgan fingerprint density at radius 2 is 1.89 bits per heavy atom. The van der Waals surface area contributed by atoms with E-state index in [0.717, 1.165) is 16.8 Å². The number of carboxylic acid groups (broad SMARTS) is 1. The molecule has 0 aliphatic heterocycles. The Morgan fingerprint density at radius 3 is 2.56 bits per heavy atom. The SMILES string of the molecule is COCC(=O)NCC=C(SCC(C(C)=O)C(=O)O)c1ccc2ncnc(Nc3ccc(Oc4ccc(CO)nc4)c(C)c3)c2c1. The van der Waals surface area contributed by atoms with E-state index in [0.29, 0.717) is 38.8 Å². The van der Waals surface area contributed by atoms with Crippen molar-refractivity contribution in [3.05, 3.63) is 84.0 Å². The summed E-state index contributed by atoms with van der Waals surface area (Å²) in [5.41, 5.74) is 3.59. The Balaban J connectivity index is 1.60. The van der Waals surface area contributed by atoms with Crippen molar-refractivity contribution < 1.29 is 34.1 Å². The van der Waals surface area contributed by atoms with Crippen molar-refractivity contribution in [2.75, 3.05) is 31.3 Å². The first-order valence-corrected chi connectivity index (χ1v) is 14.8. The fraction of sp³-hybridized carbons (Fsp3) is 0.250. The summed E-state index contributed by atoms with van der Waals surface area (Å²) in [6, 6.07) is 14.6. The van der Waals surface area contributed by atoms with Gasteiger partial charge < -0.3 is 30.3 Å². The average molecular weight is 632 g/mol. The van der Waals surface area contributed by atoms with E-state index in [-0.39, 0.29) is 31.4 Å². The Bertz CT molecular complexity index is 1700. The number of amides is 1. The molecule has 45 heavy (non-hydrogen) atoms. The average Bonchev–Trinajstić information content (AvgIpc) is 3.02. The third-order valence-electron chi connectivity index (χ3n) is 6.60. The van der Waals surface area contributed by atoms with Gasteiger partial charge in [0.1, 0.15) is 42.0 Å². The number of aromatic nitrogens is 3. The van der Waals surface area contributed by atoms with E-state index in [1.165, 1.54) is 32.1 Å². The van der Waals surface area contributed by atoms with E-state index < -0.39 is 17.7 Å². The van der Waals surface area contributed by atoms with Crippen molar-refractivity contribution in [1.29, 1.82) is 0 Å². The van der Waals surface area contributed by atoms with E-state index >= 15 is 0 Å². The highest BCUT2D eigenvalue weighted by Gasteiger charge is 2.23. The number of anilines is 2. The number of aliphatic carboxylic acids is 1. The van der Waals surface area contributed by atoms with Crippen molar-refractivity contribution in [3.63, 3.8) is 0 Å². The van der Waals surface area contributed by atoms with Crippen LogP contribution in [0.3, 0.4) is 0 Å². The largest absolute Gasteiger partial charge is 0.481 e. The monoisotopic (exact) mass is 631 g/mol. The van der Waals surface area contributed by atoms with Gasteiger partial charge in [0.05, 0.1) is 24.0 Å². The maximum absolute atomic E-state index is 11.9. The number of nitrogens with one attached hydrogen (secondary N) is 2. The summed E-state index contributed by atoms with van der Waals surface area (Å²) in [5.74, 6) is -1.35. The molecule has 2 aromatic heterocycles. The van der Waals surface area contributed by atoms with Crippen LogP contribution in [0.25, 0.3) is 15.8 Å². The smallest absolute Gasteiger partial charge is 0.314 e. The lowest BCUT2D eigenvalue weighted by Gasteiger charge is -2.15. The van der Waals surface area contributed by atoms with Crippen LogP contribution in [0.5, 0.6) is 11.5 Å². The van der Waals surface area contributed by atoms with Gasteiger partial charge in [-0.15, -0.1) is 11.8 Å². The molecule has 0 aliphatic carbocycles. The summed E-state index contributed by atoms with van der Waals surface area (Å²) in [7, 11) is 1.42. The minimum Gasteiger partial charge on any atom is -0.481 e.